The number of hydrogen-bond acceptors (Lipinski definition) is 3. The first-order valence-corrected chi connectivity index (χ1v) is 4.78. The summed E-state index contributed by atoms with van der Waals surface area (Å²) in [4.78, 5) is 8.32. The zero-order valence-electron chi connectivity index (χ0n) is 8.77. The van der Waals surface area contributed by atoms with Crippen LogP contribution in [-0.4, -0.2) is 9.97 Å². The van der Waals surface area contributed by atoms with Gasteiger partial charge in [-0.25, -0.2) is 0 Å². The molecule has 2 aromatic rings. The summed E-state index contributed by atoms with van der Waals surface area (Å²) in [6.07, 6.45) is 3.50. The Morgan fingerprint density at radius 1 is 0.867 bits per heavy atom. The van der Waals surface area contributed by atoms with E-state index in [1.54, 1.807) is 12.4 Å². The van der Waals surface area contributed by atoms with Gasteiger partial charge in [-0.1, -0.05) is 0 Å². The van der Waals surface area contributed by atoms with Crippen molar-refractivity contribution < 1.29 is 4.74 Å². The molecule has 0 aliphatic carbocycles. The van der Waals surface area contributed by atoms with Crippen LogP contribution >= 0.6 is 0 Å². The lowest BCUT2D eigenvalue weighted by atomic mass is 10.3. The first-order chi connectivity index (χ1) is 7.27. The fourth-order valence-corrected chi connectivity index (χ4v) is 1.27. The van der Waals surface area contributed by atoms with Crippen molar-refractivity contribution in [1.82, 2.24) is 9.97 Å². The van der Waals surface area contributed by atoms with Crippen molar-refractivity contribution in [3.05, 3.63) is 48.0 Å². The summed E-state index contributed by atoms with van der Waals surface area (Å²) >= 11 is 0. The second-order valence-electron chi connectivity index (χ2n) is 3.28. The van der Waals surface area contributed by atoms with Gasteiger partial charge < -0.3 is 4.74 Å². The van der Waals surface area contributed by atoms with Gasteiger partial charge in [-0.15, -0.1) is 0 Å². The summed E-state index contributed by atoms with van der Waals surface area (Å²) in [6.45, 7) is 3.84. The third kappa shape index (κ3) is 2.13. The van der Waals surface area contributed by atoms with E-state index in [4.69, 9.17) is 4.74 Å². The highest BCUT2D eigenvalue weighted by molar-refractivity contribution is 5.34. The van der Waals surface area contributed by atoms with Crippen LogP contribution in [0.2, 0.25) is 0 Å². The Hall–Kier alpha value is -1.90. The predicted octanol–water partition coefficient (Wildman–Crippen LogP) is 2.89. The standard InChI is InChI=1S/C12H12N2O/c1-9-11(5-3-7-13-9)15-12-6-4-8-14-10(12)2/h3-8H,1-2H3. The molecular weight excluding hydrogens is 188 g/mol. The lowest BCUT2D eigenvalue weighted by Gasteiger charge is -2.08. The maximum absolute atomic E-state index is 5.71. The van der Waals surface area contributed by atoms with Gasteiger partial charge in [0.25, 0.3) is 0 Å². The molecular formula is C12H12N2O. The van der Waals surface area contributed by atoms with E-state index in [-0.39, 0.29) is 0 Å². The topological polar surface area (TPSA) is 35.0 Å². The van der Waals surface area contributed by atoms with Gasteiger partial charge in [0.1, 0.15) is 11.5 Å². The summed E-state index contributed by atoms with van der Waals surface area (Å²) in [6, 6.07) is 7.51. The van der Waals surface area contributed by atoms with Crippen molar-refractivity contribution in [2.45, 2.75) is 13.8 Å². The van der Waals surface area contributed by atoms with Crippen LogP contribution in [0.3, 0.4) is 0 Å². The van der Waals surface area contributed by atoms with Gasteiger partial charge in [-0.05, 0) is 38.1 Å². The Labute approximate surface area is 88.8 Å². The van der Waals surface area contributed by atoms with Crippen LogP contribution in [0.1, 0.15) is 11.4 Å². The normalized spacial score (nSPS) is 10.0. The molecule has 0 atom stereocenters. The molecule has 0 saturated carbocycles. The SMILES string of the molecule is Cc1ncccc1Oc1cccnc1C. The van der Waals surface area contributed by atoms with E-state index >= 15 is 0 Å². The minimum atomic E-state index is 0.772. The van der Waals surface area contributed by atoms with Crippen molar-refractivity contribution in [3.8, 4) is 11.5 Å². The van der Waals surface area contributed by atoms with Crippen LogP contribution in [0.4, 0.5) is 0 Å². The molecule has 0 aromatic carbocycles. The minimum absolute atomic E-state index is 0.772. The Morgan fingerprint density at radius 3 is 1.73 bits per heavy atom. The molecule has 0 bridgehead atoms. The molecule has 0 aliphatic heterocycles. The molecule has 15 heavy (non-hydrogen) atoms. The van der Waals surface area contributed by atoms with E-state index in [1.165, 1.54) is 0 Å². The van der Waals surface area contributed by atoms with Crippen LogP contribution in [0, 0.1) is 13.8 Å². The van der Waals surface area contributed by atoms with Crippen LogP contribution < -0.4 is 4.74 Å². The molecule has 0 unspecified atom stereocenters. The van der Waals surface area contributed by atoms with Gasteiger partial charge >= 0.3 is 0 Å². The molecule has 0 radical (unpaired) electrons. The van der Waals surface area contributed by atoms with Gasteiger partial charge in [-0.2, -0.15) is 0 Å². The van der Waals surface area contributed by atoms with E-state index in [2.05, 4.69) is 9.97 Å². The van der Waals surface area contributed by atoms with E-state index in [9.17, 15) is 0 Å². The van der Waals surface area contributed by atoms with Gasteiger partial charge in [0.15, 0.2) is 0 Å². The highest BCUT2D eigenvalue weighted by Gasteiger charge is 2.03. The third-order valence-electron chi connectivity index (χ3n) is 2.14. The van der Waals surface area contributed by atoms with Gasteiger partial charge in [-0.3, -0.25) is 9.97 Å². The lowest BCUT2D eigenvalue weighted by molar-refractivity contribution is 0.469. The van der Waals surface area contributed by atoms with Crippen LogP contribution in [0.15, 0.2) is 36.7 Å². The summed E-state index contributed by atoms with van der Waals surface area (Å²) < 4.78 is 5.71. The minimum Gasteiger partial charge on any atom is -0.454 e. The smallest absolute Gasteiger partial charge is 0.148 e. The van der Waals surface area contributed by atoms with Crippen molar-refractivity contribution >= 4 is 0 Å². The average molecular weight is 200 g/mol. The summed E-state index contributed by atoms with van der Waals surface area (Å²) in [7, 11) is 0. The molecule has 0 fully saturated rings. The van der Waals surface area contributed by atoms with E-state index in [0.717, 1.165) is 22.9 Å². The van der Waals surface area contributed by atoms with E-state index in [1.807, 2.05) is 38.1 Å². The molecule has 0 saturated heterocycles. The quantitative estimate of drug-likeness (QED) is 0.747. The molecule has 2 heterocycles. The molecule has 3 nitrogen and oxygen atoms in total. The predicted molar refractivity (Wildman–Crippen MR) is 58.0 cm³/mol. The Kier molecular flexibility index (Phi) is 2.63. The van der Waals surface area contributed by atoms with Crippen LogP contribution in [0.5, 0.6) is 11.5 Å². The molecule has 0 N–H and O–H groups in total. The van der Waals surface area contributed by atoms with Crippen molar-refractivity contribution in [2.75, 3.05) is 0 Å². The summed E-state index contributed by atoms with van der Waals surface area (Å²) in [5.41, 5.74) is 1.75. The Morgan fingerprint density at radius 2 is 1.33 bits per heavy atom. The number of ether oxygens (including phenoxy) is 1. The molecule has 2 aromatic heterocycles. The largest absolute Gasteiger partial charge is 0.454 e. The summed E-state index contributed by atoms with van der Waals surface area (Å²) in [5, 5.41) is 0. The number of aryl methyl sites for hydroxylation is 2. The molecule has 0 amide bonds. The monoisotopic (exact) mass is 200 g/mol. The molecule has 76 valence electrons. The molecule has 0 spiro atoms. The first kappa shape index (κ1) is 9.65. The maximum atomic E-state index is 5.71. The zero-order valence-corrected chi connectivity index (χ0v) is 8.77. The summed E-state index contributed by atoms with van der Waals surface area (Å²) in [5.74, 6) is 1.54. The van der Waals surface area contributed by atoms with E-state index in [0.29, 0.717) is 0 Å². The lowest BCUT2D eigenvalue weighted by Crippen LogP contribution is -1.92. The van der Waals surface area contributed by atoms with Crippen molar-refractivity contribution in [1.29, 1.82) is 0 Å². The van der Waals surface area contributed by atoms with Crippen LogP contribution in [0.25, 0.3) is 0 Å². The first-order valence-electron chi connectivity index (χ1n) is 4.78. The van der Waals surface area contributed by atoms with Gasteiger partial charge in [0, 0.05) is 12.4 Å². The Bertz CT molecular complexity index is 425. The van der Waals surface area contributed by atoms with Gasteiger partial charge in [0.05, 0.1) is 11.4 Å². The molecule has 3 heteroatoms. The zero-order chi connectivity index (χ0) is 10.7. The second-order valence-corrected chi connectivity index (χ2v) is 3.28. The Balaban J connectivity index is 2.30. The van der Waals surface area contributed by atoms with Gasteiger partial charge in [0.2, 0.25) is 0 Å². The molecule has 2 rings (SSSR count). The number of hydrogen-bond donors (Lipinski definition) is 0. The molecule has 0 aliphatic rings. The third-order valence-corrected chi connectivity index (χ3v) is 2.14. The maximum Gasteiger partial charge on any atom is 0.148 e. The van der Waals surface area contributed by atoms with Crippen molar-refractivity contribution in [3.63, 3.8) is 0 Å². The highest BCUT2D eigenvalue weighted by Crippen LogP contribution is 2.24. The number of nitrogens with zero attached hydrogens (tertiary/aromatic N) is 2. The number of pyridine rings is 2. The average Bonchev–Trinajstić information content (AvgIpc) is 2.24. The number of aromatic nitrogens is 2. The number of rotatable bonds is 2. The van der Waals surface area contributed by atoms with E-state index < -0.39 is 0 Å². The fraction of sp³-hybridized carbons (Fsp3) is 0.167. The van der Waals surface area contributed by atoms with Crippen LogP contribution in [-0.2, 0) is 0 Å². The fourth-order valence-electron chi connectivity index (χ4n) is 1.27. The highest BCUT2D eigenvalue weighted by atomic mass is 16.5. The second kappa shape index (κ2) is 4.09. The van der Waals surface area contributed by atoms with Crippen molar-refractivity contribution in [2.24, 2.45) is 0 Å².